The summed E-state index contributed by atoms with van der Waals surface area (Å²) in [5.74, 6) is 3.88. The van der Waals surface area contributed by atoms with Crippen molar-refractivity contribution in [2.45, 2.75) is 166 Å². The Morgan fingerprint density at radius 1 is 0.771 bits per heavy atom. The molecule has 0 saturated heterocycles. The molecule has 5 rings (SSSR count). The summed E-state index contributed by atoms with van der Waals surface area (Å²) < 4.78 is 6.28. The number of Topliss-reactive ketones (excluding diaryl/α,β-unsaturated/α-hetero) is 1. The maximum Gasteiger partial charge on any atom is 0.312 e. The normalized spacial score (nSPS) is 40.8. The van der Waals surface area contributed by atoms with Crippen molar-refractivity contribution in [1.29, 1.82) is 0 Å². The predicted octanol–water partition coefficient (Wildman–Crippen LogP) is 12.3. The van der Waals surface area contributed by atoms with E-state index in [0.29, 0.717) is 47.9 Å². The van der Waals surface area contributed by atoms with Gasteiger partial charge >= 0.3 is 5.97 Å². The van der Waals surface area contributed by atoms with Crippen molar-refractivity contribution < 1.29 is 14.3 Å². The zero-order valence-corrected chi connectivity index (χ0v) is 33.0. The predicted molar refractivity (Wildman–Crippen MR) is 200 cm³/mol. The fourth-order valence-corrected chi connectivity index (χ4v) is 13.3. The van der Waals surface area contributed by atoms with E-state index in [1.807, 2.05) is 0 Å². The van der Waals surface area contributed by atoms with Gasteiger partial charge in [-0.2, -0.15) is 0 Å². The minimum Gasteiger partial charge on any atom is -0.461 e. The van der Waals surface area contributed by atoms with Gasteiger partial charge in [0, 0.05) is 11.8 Å². The molecule has 48 heavy (non-hydrogen) atoms. The Morgan fingerprint density at radius 3 is 2.10 bits per heavy atom. The molecule has 5 fully saturated rings. The number of fused-ring (bicyclic) bond motifs is 7. The van der Waals surface area contributed by atoms with Gasteiger partial charge in [-0.3, -0.25) is 9.59 Å². The first-order valence-corrected chi connectivity index (χ1v) is 20.1. The van der Waals surface area contributed by atoms with Gasteiger partial charge in [0.05, 0.1) is 5.41 Å². The number of ether oxygens (including phenoxy) is 1. The van der Waals surface area contributed by atoms with Crippen LogP contribution in [0.2, 0.25) is 0 Å². The van der Waals surface area contributed by atoms with Crippen LogP contribution in [0.25, 0.3) is 0 Å². The number of esters is 1. The van der Waals surface area contributed by atoms with Crippen LogP contribution in [0.4, 0.5) is 0 Å². The van der Waals surface area contributed by atoms with Crippen molar-refractivity contribution in [3.8, 4) is 0 Å². The van der Waals surface area contributed by atoms with Crippen LogP contribution in [-0.4, -0.2) is 18.4 Å². The molecule has 0 aromatic rings. The molecule has 5 aliphatic rings. The lowest BCUT2D eigenvalue weighted by Crippen LogP contribution is -2.66. The minimum atomic E-state index is -0.324. The Kier molecular flexibility index (Phi) is 10.8. The van der Waals surface area contributed by atoms with E-state index in [1.165, 1.54) is 42.4 Å². The van der Waals surface area contributed by atoms with E-state index in [0.717, 1.165) is 64.2 Å². The van der Waals surface area contributed by atoms with Crippen molar-refractivity contribution in [1.82, 2.24) is 0 Å². The van der Waals surface area contributed by atoms with Crippen molar-refractivity contribution in [3.63, 3.8) is 0 Å². The monoisotopic (exact) mass is 661 g/mol. The molecule has 0 aliphatic heterocycles. The summed E-state index contributed by atoms with van der Waals surface area (Å²) in [6, 6.07) is 0. The lowest BCUT2D eigenvalue weighted by molar-refractivity contribution is -0.237. The highest BCUT2D eigenvalue weighted by Gasteiger charge is 2.72. The molecule has 0 bridgehead atoms. The van der Waals surface area contributed by atoms with E-state index in [4.69, 9.17) is 4.74 Å². The topological polar surface area (TPSA) is 43.4 Å². The SMILES string of the molecule is CC(C)=CCC/C(C)=C/CC/C(C)=C/COC(=O)[C@]12CC[C@@H](C(C)C)C1[C@H]1CC[C@@H]3[C@@]4(C)CCC(=O)C(C)(C)C4CC[C@@]3(C)[C@]1(C)CC2. The number of ketones is 1. The van der Waals surface area contributed by atoms with E-state index < -0.39 is 0 Å². The highest BCUT2D eigenvalue weighted by atomic mass is 16.5. The van der Waals surface area contributed by atoms with Gasteiger partial charge in [-0.1, -0.05) is 77.3 Å². The summed E-state index contributed by atoms with van der Waals surface area (Å²) in [5.41, 5.74) is 4.33. The van der Waals surface area contributed by atoms with E-state index in [1.54, 1.807) is 0 Å². The number of rotatable bonds is 10. The van der Waals surface area contributed by atoms with E-state index in [2.05, 4.69) is 94.4 Å². The number of carbonyl (C=O) groups is 2. The highest BCUT2D eigenvalue weighted by molar-refractivity contribution is 5.85. The molecule has 2 unspecified atom stereocenters. The fourth-order valence-electron chi connectivity index (χ4n) is 13.3. The average Bonchev–Trinajstić information content (AvgIpc) is 3.41. The second kappa shape index (κ2) is 13.8. The third kappa shape index (κ3) is 6.27. The van der Waals surface area contributed by atoms with Crippen molar-refractivity contribution in [3.05, 3.63) is 34.9 Å². The number of carbonyl (C=O) groups excluding carboxylic acids is 2. The molecular formula is C45H72O3. The third-order valence-electron chi connectivity index (χ3n) is 16.3. The quantitative estimate of drug-likeness (QED) is 0.173. The van der Waals surface area contributed by atoms with Gasteiger partial charge in [0.1, 0.15) is 12.4 Å². The second-order valence-corrected chi connectivity index (χ2v) is 19.5. The molecule has 0 amide bonds. The molecule has 0 aromatic heterocycles. The molecule has 3 nitrogen and oxygen atoms in total. The summed E-state index contributed by atoms with van der Waals surface area (Å²) >= 11 is 0. The fraction of sp³-hybridized carbons (Fsp3) is 0.822. The van der Waals surface area contributed by atoms with E-state index in [-0.39, 0.29) is 33.0 Å². The van der Waals surface area contributed by atoms with Crippen LogP contribution in [-0.2, 0) is 14.3 Å². The van der Waals surface area contributed by atoms with Crippen LogP contribution in [0, 0.1) is 62.6 Å². The third-order valence-corrected chi connectivity index (χ3v) is 16.3. The molecule has 9 atom stereocenters. The molecule has 5 saturated carbocycles. The molecule has 0 heterocycles. The average molecular weight is 661 g/mol. The van der Waals surface area contributed by atoms with Crippen LogP contribution < -0.4 is 0 Å². The van der Waals surface area contributed by atoms with E-state index >= 15 is 0 Å². The van der Waals surface area contributed by atoms with Crippen molar-refractivity contribution >= 4 is 11.8 Å². The molecular weight excluding hydrogens is 588 g/mol. The first-order valence-electron chi connectivity index (χ1n) is 20.1. The van der Waals surface area contributed by atoms with Gasteiger partial charge < -0.3 is 4.74 Å². The Morgan fingerprint density at radius 2 is 1.44 bits per heavy atom. The van der Waals surface area contributed by atoms with Gasteiger partial charge in [0.2, 0.25) is 0 Å². The zero-order chi connectivity index (χ0) is 35.3. The smallest absolute Gasteiger partial charge is 0.312 e. The van der Waals surface area contributed by atoms with Crippen molar-refractivity contribution in [2.75, 3.05) is 6.61 Å². The van der Waals surface area contributed by atoms with Gasteiger partial charge in [0.25, 0.3) is 0 Å². The Bertz CT molecular complexity index is 1310. The van der Waals surface area contributed by atoms with Crippen LogP contribution in [0.3, 0.4) is 0 Å². The Balaban J connectivity index is 1.31. The van der Waals surface area contributed by atoms with Gasteiger partial charge in [-0.25, -0.2) is 0 Å². The molecule has 0 spiro atoms. The summed E-state index contributed by atoms with van der Waals surface area (Å²) in [6.07, 6.45) is 22.2. The lowest BCUT2D eigenvalue weighted by Gasteiger charge is -2.72. The van der Waals surface area contributed by atoms with Crippen LogP contribution in [0.1, 0.15) is 166 Å². The summed E-state index contributed by atoms with van der Waals surface area (Å²) in [6.45, 7) is 26.4. The van der Waals surface area contributed by atoms with Crippen LogP contribution in [0.15, 0.2) is 34.9 Å². The Labute approximate surface area is 295 Å². The van der Waals surface area contributed by atoms with Gasteiger partial charge in [-0.05, 0) is 169 Å². The first-order chi connectivity index (χ1) is 22.4. The van der Waals surface area contributed by atoms with Crippen molar-refractivity contribution in [2.24, 2.45) is 62.6 Å². The lowest BCUT2D eigenvalue weighted by atomic mass is 9.32. The molecule has 5 aliphatic carbocycles. The summed E-state index contributed by atoms with van der Waals surface area (Å²) in [5, 5.41) is 0. The summed E-state index contributed by atoms with van der Waals surface area (Å²) in [4.78, 5) is 27.5. The standard InChI is InChI=1S/C45H72O3/c1-30(2)14-12-15-32(5)16-13-17-33(6)23-29-48-40(47)45-26-20-34(31(3)4)39(45)35-18-19-37-42(9)24-22-38(46)41(7,8)36(42)21-25-44(37,11)43(35,10)27-28-45/h14,16,23,31,34-37,39H,12-13,15,17-22,24-29H2,1-11H3/b32-16+,33-23+/t34-,35+,36?,37+,39?,42-,43+,44+,45-/m0/s1. The van der Waals surface area contributed by atoms with Gasteiger partial charge in [-0.15, -0.1) is 0 Å². The largest absolute Gasteiger partial charge is 0.461 e. The maximum absolute atomic E-state index is 14.4. The zero-order valence-electron chi connectivity index (χ0n) is 33.0. The number of allylic oxidation sites excluding steroid dienone is 5. The first kappa shape index (κ1) is 37.6. The molecule has 270 valence electrons. The number of hydrogen-bond donors (Lipinski definition) is 0. The minimum absolute atomic E-state index is 0.104. The van der Waals surface area contributed by atoms with Gasteiger partial charge in [0.15, 0.2) is 0 Å². The highest BCUT2D eigenvalue weighted by Crippen LogP contribution is 2.77. The molecule has 3 heteroatoms. The summed E-state index contributed by atoms with van der Waals surface area (Å²) in [7, 11) is 0. The van der Waals surface area contributed by atoms with Crippen LogP contribution >= 0.6 is 0 Å². The Hall–Kier alpha value is -1.64. The number of hydrogen-bond acceptors (Lipinski definition) is 3. The second-order valence-electron chi connectivity index (χ2n) is 19.5. The molecule has 0 aromatic carbocycles. The van der Waals surface area contributed by atoms with E-state index in [9.17, 15) is 9.59 Å². The molecule has 0 N–H and O–H groups in total. The molecule has 0 radical (unpaired) electrons. The maximum atomic E-state index is 14.4. The van der Waals surface area contributed by atoms with Crippen LogP contribution in [0.5, 0.6) is 0 Å².